The van der Waals surface area contributed by atoms with Crippen molar-refractivity contribution in [1.82, 2.24) is 10.6 Å². The first-order valence-corrected chi connectivity index (χ1v) is 5.76. The minimum Gasteiger partial charge on any atom is -0.481 e. The second-order valence-corrected chi connectivity index (χ2v) is 4.02. The monoisotopic (exact) mass is 230 g/mol. The normalized spacial score (nSPS) is 13.9. The molecule has 0 heterocycles. The summed E-state index contributed by atoms with van der Waals surface area (Å²) in [4.78, 5) is 22.0. The van der Waals surface area contributed by atoms with Gasteiger partial charge in [-0.15, -0.1) is 0 Å². The van der Waals surface area contributed by atoms with Gasteiger partial charge < -0.3 is 15.7 Å². The van der Waals surface area contributed by atoms with E-state index in [0.717, 1.165) is 19.3 Å². The molecule has 94 valence electrons. The zero-order valence-corrected chi connectivity index (χ0v) is 10.2. The van der Waals surface area contributed by atoms with Crippen molar-refractivity contribution < 1.29 is 14.7 Å². The summed E-state index contributed by atoms with van der Waals surface area (Å²) in [6.07, 6.45) is 3.14. The maximum atomic E-state index is 11.3. The zero-order valence-electron chi connectivity index (χ0n) is 10.2. The second-order valence-electron chi connectivity index (χ2n) is 4.02. The SMILES string of the molecule is CCCCCNC(=O)NC(C)C(C)C(=O)O. The van der Waals surface area contributed by atoms with Crippen LogP contribution in [0.3, 0.4) is 0 Å². The minimum atomic E-state index is -0.904. The minimum absolute atomic E-state index is 0.295. The van der Waals surface area contributed by atoms with Crippen molar-refractivity contribution in [2.45, 2.75) is 46.1 Å². The van der Waals surface area contributed by atoms with E-state index in [1.165, 1.54) is 0 Å². The van der Waals surface area contributed by atoms with Crippen molar-refractivity contribution in [3.8, 4) is 0 Å². The van der Waals surface area contributed by atoms with Gasteiger partial charge in [-0.2, -0.15) is 0 Å². The van der Waals surface area contributed by atoms with Crippen LogP contribution in [0.4, 0.5) is 4.79 Å². The molecule has 0 bridgehead atoms. The molecule has 0 aliphatic rings. The third-order valence-electron chi connectivity index (χ3n) is 2.56. The molecule has 0 spiro atoms. The Labute approximate surface area is 96.6 Å². The van der Waals surface area contributed by atoms with E-state index >= 15 is 0 Å². The average molecular weight is 230 g/mol. The van der Waals surface area contributed by atoms with E-state index in [1.807, 2.05) is 0 Å². The number of urea groups is 1. The summed E-state index contributed by atoms with van der Waals surface area (Å²) in [5, 5.41) is 14.0. The van der Waals surface area contributed by atoms with Crippen LogP contribution in [-0.4, -0.2) is 29.7 Å². The first-order valence-electron chi connectivity index (χ1n) is 5.76. The molecule has 5 heteroatoms. The van der Waals surface area contributed by atoms with E-state index in [9.17, 15) is 9.59 Å². The first-order chi connectivity index (χ1) is 7.49. The lowest BCUT2D eigenvalue weighted by molar-refractivity contribution is -0.141. The van der Waals surface area contributed by atoms with Crippen molar-refractivity contribution in [3.05, 3.63) is 0 Å². The Hall–Kier alpha value is -1.26. The van der Waals surface area contributed by atoms with Crippen LogP contribution < -0.4 is 10.6 Å². The number of rotatable bonds is 7. The Morgan fingerprint density at radius 1 is 1.25 bits per heavy atom. The molecule has 2 unspecified atom stereocenters. The molecule has 3 N–H and O–H groups in total. The van der Waals surface area contributed by atoms with Crippen LogP contribution >= 0.6 is 0 Å². The number of hydrogen-bond donors (Lipinski definition) is 3. The molecule has 0 saturated heterocycles. The Kier molecular flexibility index (Phi) is 7.33. The molecule has 0 aromatic rings. The van der Waals surface area contributed by atoms with Gasteiger partial charge in [-0.3, -0.25) is 4.79 Å². The number of amides is 2. The summed E-state index contributed by atoms with van der Waals surface area (Å²) in [5.41, 5.74) is 0. The summed E-state index contributed by atoms with van der Waals surface area (Å²) in [5.74, 6) is -1.49. The predicted molar refractivity (Wildman–Crippen MR) is 62.3 cm³/mol. The van der Waals surface area contributed by atoms with Gasteiger partial charge in [-0.05, 0) is 20.3 Å². The smallest absolute Gasteiger partial charge is 0.315 e. The number of carboxylic acids is 1. The van der Waals surface area contributed by atoms with Crippen LogP contribution in [0, 0.1) is 5.92 Å². The highest BCUT2D eigenvalue weighted by Crippen LogP contribution is 2.01. The Morgan fingerprint density at radius 2 is 1.88 bits per heavy atom. The van der Waals surface area contributed by atoms with Crippen LogP contribution in [0.25, 0.3) is 0 Å². The van der Waals surface area contributed by atoms with Gasteiger partial charge in [0.1, 0.15) is 0 Å². The summed E-state index contributed by atoms with van der Waals surface area (Å²) in [7, 11) is 0. The van der Waals surface area contributed by atoms with Crippen molar-refractivity contribution in [1.29, 1.82) is 0 Å². The maximum Gasteiger partial charge on any atom is 0.315 e. The number of hydrogen-bond acceptors (Lipinski definition) is 2. The standard InChI is InChI=1S/C11H22N2O3/c1-4-5-6-7-12-11(16)13-9(3)8(2)10(14)15/h8-9H,4-7H2,1-3H3,(H,14,15)(H2,12,13,16). The highest BCUT2D eigenvalue weighted by Gasteiger charge is 2.20. The fourth-order valence-electron chi connectivity index (χ4n) is 1.17. The van der Waals surface area contributed by atoms with Gasteiger partial charge in [-0.25, -0.2) is 4.79 Å². The molecule has 0 aliphatic heterocycles. The van der Waals surface area contributed by atoms with Gasteiger partial charge in [0, 0.05) is 12.6 Å². The quantitative estimate of drug-likeness (QED) is 0.581. The van der Waals surface area contributed by atoms with Gasteiger partial charge in [-0.1, -0.05) is 19.8 Å². The first kappa shape index (κ1) is 14.7. The highest BCUT2D eigenvalue weighted by molar-refractivity contribution is 5.76. The molecule has 16 heavy (non-hydrogen) atoms. The van der Waals surface area contributed by atoms with E-state index in [0.29, 0.717) is 6.54 Å². The summed E-state index contributed by atoms with van der Waals surface area (Å²) in [6.45, 7) is 5.99. The summed E-state index contributed by atoms with van der Waals surface area (Å²) in [6, 6.07) is -0.666. The number of carbonyl (C=O) groups is 2. The van der Waals surface area contributed by atoms with Gasteiger partial charge in [0.05, 0.1) is 5.92 Å². The molecular formula is C11H22N2O3. The average Bonchev–Trinajstić information content (AvgIpc) is 2.23. The molecule has 0 aliphatic carbocycles. The van der Waals surface area contributed by atoms with E-state index in [1.54, 1.807) is 13.8 Å². The lowest BCUT2D eigenvalue weighted by atomic mass is 10.0. The fraction of sp³-hybridized carbons (Fsp3) is 0.818. The zero-order chi connectivity index (χ0) is 12.6. The van der Waals surface area contributed by atoms with Gasteiger partial charge in [0.2, 0.25) is 0 Å². The predicted octanol–water partition coefficient (Wildman–Crippen LogP) is 1.58. The molecule has 0 aromatic carbocycles. The molecule has 0 saturated carbocycles. The van der Waals surface area contributed by atoms with Crippen molar-refractivity contribution in [2.75, 3.05) is 6.54 Å². The van der Waals surface area contributed by atoms with Crippen LogP contribution in [0.5, 0.6) is 0 Å². The number of carboxylic acid groups (broad SMARTS) is 1. The number of aliphatic carboxylic acids is 1. The van der Waals surface area contributed by atoms with Gasteiger partial charge in [0.15, 0.2) is 0 Å². The van der Waals surface area contributed by atoms with Crippen molar-refractivity contribution in [2.24, 2.45) is 5.92 Å². The number of nitrogens with one attached hydrogen (secondary N) is 2. The number of carbonyl (C=O) groups excluding carboxylic acids is 1. The lowest BCUT2D eigenvalue weighted by Gasteiger charge is -2.18. The highest BCUT2D eigenvalue weighted by atomic mass is 16.4. The van der Waals surface area contributed by atoms with E-state index in [2.05, 4.69) is 17.6 Å². The Bertz CT molecular complexity index is 231. The van der Waals surface area contributed by atoms with Gasteiger partial charge in [0.25, 0.3) is 0 Å². The third-order valence-corrected chi connectivity index (χ3v) is 2.56. The molecular weight excluding hydrogens is 208 g/mol. The van der Waals surface area contributed by atoms with Crippen LogP contribution in [0.1, 0.15) is 40.0 Å². The van der Waals surface area contributed by atoms with Crippen LogP contribution in [0.2, 0.25) is 0 Å². The number of unbranched alkanes of at least 4 members (excludes halogenated alkanes) is 2. The molecule has 2 atom stereocenters. The molecule has 5 nitrogen and oxygen atoms in total. The van der Waals surface area contributed by atoms with Crippen molar-refractivity contribution >= 4 is 12.0 Å². The molecule has 0 radical (unpaired) electrons. The van der Waals surface area contributed by atoms with Crippen LogP contribution in [-0.2, 0) is 4.79 Å². The molecule has 0 aromatic heterocycles. The van der Waals surface area contributed by atoms with E-state index in [-0.39, 0.29) is 12.1 Å². The second kappa shape index (κ2) is 7.96. The largest absolute Gasteiger partial charge is 0.481 e. The topological polar surface area (TPSA) is 78.4 Å². The van der Waals surface area contributed by atoms with E-state index < -0.39 is 11.9 Å². The fourth-order valence-corrected chi connectivity index (χ4v) is 1.17. The maximum absolute atomic E-state index is 11.3. The van der Waals surface area contributed by atoms with Crippen molar-refractivity contribution in [3.63, 3.8) is 0 Å². The Balaban J connectivity index is 3.74. The Morgan fingerprint density at radius 3 is 2.38 bits per heavy atom. The molecule has 2 amide bonds. The third kappa shape index (κ3) is 6.27. The van der Waals surface area contributed by atoms with Gasteiger partial charge >= 0.3 is 12.0 Å². The van der Waals surface area contributed by atoms with Crippen LogP contribution in [0.15, 0.2) is 0 Å². The summed E-state index contributed by atoms with van der Waals surface area (Å²) < 4.78 is 0. The van der Waals surface area contributed by atoms with E-state index in [4.69, 9.17) is 5.11 Å². The lowest BCUT2D eigenvalue weighted by Crippen LogP contribution is -2.45. The molecule has 0 fully saturated rings. The molecule has 0 rings (SSSR count). The summed E-state index contributed by atoms with van der Waals surface area (Å²) >= 11 is 0.